The largest absolute Gasteiger partial charge is 0.316 e. The van der Waals surface area contributed by atoms with Crippen molar-refractivity contribution in [2.45, 2.75) is 95.3 Å². The van der Waals surface area contributed by atoms with Crippen molar-refractivity contribution in [1.82, 2.24) is 5.32 Å². The van der Waals surface area contributed by atoms with E-state index >= 15 is 0 Å². The van der Waals surface area contributed by atoms with E-state index in [0.717, 1.165) is 11.3 Å². The molecule has 0 bridgehead atoms. The van der Waals surface area contributed by atoms with Gasteiger partial charge in [-0.05, 0) is 32.1 Å². The number of unbranched alkanes of at least 4 members (excludes halogenated alkanes) is 7. The molecule has 1 saturated heterocycles. The van der Waals surface area contributed by atoms with Gasteiger partial charge in [-0.25, -0.2) is 0 Å². The Morgan fingerprint density at radius 1 is 1.00 bits per heavy atom. The molecule has 1 nitrogen and oxygen atoms in total. The third-order valence-corrected chi connectivity index (χ3v) is 5.92. The highest BCUT2D eigenvalue weighted by Crippen LogP contribution is 2.29. The first kappa shape index (κ1) is 17.4. The van der Waals surface area contributed by atoms with Gasteiger partial charge in [-0.2, -0.15) is 11.8 Å². The summed E-state index contributed by atoms with van der Waals surface area (Å²) in [7, 11) is 2.16. The van der Waals surface area contributed by atoms with E-state index in [-0.39, 0.29) is 0 Å². The minimum absolute atomic E-state index is 0.769. The molecule has 1 aliphatic heterocycles. The number of thioether (sulfide) groups is 1. The molecule has 2 unspecified atom stereocenters. The van der Waals surface area contributed by atoms with E-state index in [0.29, 0.717) is 0 Å². The van der Waals surface area contributed by atoms with Crippen LogP contribution in [0, 0.1) is 0 Å². The molecule has 0 aliphatic carbocycles. The van der Waals surface area contributed by atoms with Gasteiger partial charge in [0.05, 0.1) is 0 Å². The van der Waals surface area contributed by atoms with Crippen LogP contribution in [0.1, 0.15) is 84.0 Å². The highest BCUT2D eigenvalue weighted by molar-refractivity contribution is 8.00. The number of rotatable bonds is 11. The van der Waals surface area contributed by atoms with Gasteiger partial charge in [-0.3, -0.25) is 0 Å². The predicted molar refractivity (Wildman–Crippen MR) is 90.2 cm³/mol. The van der Waals surface area contributed by atoms with Gasteiger partial charge in [0.2, 0.25) is 0 Å². The summed E-state index contributed by atoms with van der Waals surface area (Å²) < 4.78 is 0. The minimum Gasteiger partial charge on any atom is -0.316 e. The summed E-state index contributed by atoms with van der Waals surface area (Å²) in [5.74, 6) is 1.39. The van der Waals surface area contributed by atoms with Gasteiger partial charge in [0, 0.05) is 11.3 Å². The summed E-state index contributed by atoms with van der Waals surface area (Å²) in [6.07, 6.45) is 17.2. The van der Waals surface area contributed by atoms with Gasteiger partial charge in [-0.15, -0.1) is 0 Å². The van der Waals surface area contributed by atoms with Crippen molar-refractivity contribution in [1.29, 1.82) is 0 Å². The average molecular weight is 286 g/mol. The molecule has 1 rings (SSSR count). The first-order chi connectivity index (χ1) is 9.38. The van der Waals surface area contributed by atoms with Crippen molar-refractivity contribution >= 4 is 11.8 Å². The fraction of sp³-hybridized carbons (Fsp3) is 1.00. The van der Waals surface area contributed by atoms with Gasteiger partial charge in [-0.1, -0.05) is 64.7 Å². The maximum Gasteiger partial charge on any atom is 0.0201 e. The molecule has 0 radical (unpaired) electrons. The summed E-state index contributed by atoms with van der Waals surface area (Å²) in [5, 5.41) is 4.46. The molecule has 0 aromatic carbocycles. The van der Waals surface area contributed by atoms with Crippen LogP contribution in [-0.2, 0) is 0 Å². The zero-order chi connectivity index (χ0) is 13.8. The summed E-state index contributed by atoms with van der Waals surface area (Å²) in [6.45, 7) is 2.29. The first-order valence-corrected chi connectivity index (χ1v) is 9.72. The lowest BCUT2D eigenvalue weighted by Gasteiger charge is -2.29. The molecule has 0 amide bonds. The molecular formula is C17H35NS. The lowest BCUT2D eigenvalue weighted by Crippen LogP contribution is -2.37. The van der Waals surface area contributed by atoms with Crippen molar-refractivity contribution in [2.24, 2.45) is 0 Å². The minimum atomic E-state index is 0.769. The van der Waals surface area contributed by atoms with Crippen LogP contribution in [0.2, 0.25) is 0 Å². The molecule has 1 heterocycles. The van der Waals surface area contributed by atoms with E-state index in [1.165, 1.54) is 82.8 Å². The van der Waals surface area contributed by atoms with Crippen LogP contribution < -0.4 is 5.32 Å². The standard InChI is InChI=1S/C17H35NS/c1-3-4-5-6-7-8-9-10-13-16(18-2)17-14-11-12-15-19-17/h16-18H,3-15H2,1-2H3. The molecule has 2 heteroatoms. The van der Waals surface area contributed by atoms with E-state index in [1.807, 2.05) is 0 Å². The fourth-order valence-electron chi connectivity index (χ4n) is 3.10. The molecule has 0 spiro atoms. The van der Waals surface area contributed by atoms with Crippen LogP contribution in [0.4, 0.5) is 0 Å². The van der Waals surface area contributed by atoms with E-state index in [4.69, 9.17) is 0 Å². The molecular weight excluding hydrogens is 250 g/mol. The van der Waals surface area contributed by atoms with Crippen LogP contribution >= 0.6 is 11.8 Å². The normalized spacial score (nSPS) is 21.5. The Balaban J connectivity index is 1.96. The SMILES string of the molecule is CCCCCCCCCCC(NC)C1CCCCS1. The summed E-state index contributed by atoms with van der Waals surface area (Å²) >= 11 is 2.21. The summed E-state index contributed by atoms with van der Waals surface area (Å²) in [6, 6.07) is 0.769. The quantitative estimate of drug-likeness (QED) is 0.511. The molecule has 2 atom stereocenters. The van der Waals surface area contributed by atoms with Crippen LogP contribution in [-0.4, -0.2) is 24.1 Å². The van der Waals surface area contributed by atoms with Gasteiger partial charge >= 0.3 is 0 Å². The predicted octanol–water partition coefficient (Wildman–Crippen LogP) is 5.39. The molecule has 0 aromatic rings. The maximum atomic E-state index is 3.57. The second kappa shape index (κ2) is 12.1. The number of hydrogen-bond donors (Lipinski definition) is 1. The van der Waals surface area contributed by atoms with Crippen molar-refractivity contribution in [3.8, 4) is 0 Å². The molecule has 1 fully saturated rings. The second-order valence-corrected chi connectivity index (χ2v) is 7.41. The van der Waals surface area contributed by atoms with Crippen LogP contribution in [0.3, 0.4) is 0 Å². The molecule has 1 aliphatic rings. The molecule has 0 saturated carbocycles. The fourth-order valence-corrected chi connectivity index (χ4v) is 4.61. The van der Waals surface area contributed by atoms with Gasteiger partial charge in [0.25, 0.3) is 0 Å². The van der Waals surface area contributed by atoms with Crippen molar-refractivity contribution in [3.05, 3.63) is 0 Å². The van der Waals surface area contributed by atoms with E-state index in [1.54, 1.807) is 0 Å². The Morgan fingerprint density at radius 3 is 2.26 bits per heavy atom. The Morgan fingerprint density at radius 2 is 1.68 bits per heavy atom. The van der Waals surface area contributed by atoms with E-state index in [2.05, 4.69) is 31.1 Å². The maximum absolute atomic E-state index is 3.57. The topological polar surface area (TPSA) is 12.0 Å². The van der Waals surface area contributed by atoms with Crippen LogP contribution in [0.15, 0.2) is 0 Å². The van der Waals surface area contributed by atoms with E-state index < -0.39 is 0 Å². The Bertz CT molecular complexity index is 190. The van der Waals surface area contributed by atoms with Gasteiger partial charge in [0.1, 0.15) is 0 Å². The number of nitrogens with one attached hydrogen (secondary N) is 1. The Labute approximate surface area is 125 Å². The summed E-state index contributed by atoms with van der Waals surface area (Å²) in [4.78, 5) is 0. The third kappa shape index (κ3) is 8.24. The van der Waals surface area contributed by atoms with Gasteiger partial charge < -0.3 is 5.32 Å². The molecule has 1 N–H and O–H groups in total. The van der Waals surface area contributed by atoms with Crippen LogP contribution in [0.25, 0.3) is 0 Å². The average Bonchev–Trinajstić information content (AvgIpc) is 2.47. The monoisotopic (exact) mass is 285 g/mol. The zero-order valence-corrected chi connectivity index (χ0v) is 14.1. The lowest BCUT2D eigenvalue weighted by molar-refractivity contribution is 0.444. The van der Waals surface area contributed by atoms with Gasteiger partial charge in [0.15, 0.2) is 0 Å². The highest BCUT2D eigenvalue weighted by Gasteiger charge is 2.22. The van der Waals surface area contributed by atoms with Crippen molar-refractivity contribution < 1.29 is 0 Å². The molecule has 114 valence electrons. The molecule has 0 aromatic heterocycles. The first-order valence-electron chi connectivity index (χ1n) is 8.67. The van der Waals surface area contributed by atoms with Crippen molar-refractivity contribution in [3.63, 3.8) is 0 Å². The lowest BCUT2D eigenvalue weighted by atomic mass is 10.00. The summed E-state index contributed by atoms with van der Waals surface area (Å²) in [5.41, 5.74) is 0. The Hall–Kier alpha value is 0.310. The zero-order valence-electron chi connectivity index (χ0n) is 13.3. The molecule has 19 heavy (non-hydrogen) atoms. The second-order valence-electron chi connectivity index (χ2n) is 6.06. The highest BCUT2D eigenvalue weighted by atomic mass is 32.2. The number of hydrogen-bond acceptors (Lipinski definition) is 2. The smallest absolute Gasteiger partial charge is 0.0201 e. The third-order valence-electron chi connectivity index (χ3n) is 4.40. The van der Waals surface area contributed by atoms with E-state index in [9.17, 15) is 0 Å². The van der Waals surface area contributed by atoms with Crippen molar-refractivity contribution in [2.75, 3.05) is 12.8 Å². The van der Waals surface area contributed by atoms with Crippen LogP contribution in [0.5, 0.6) is 0 Å². The Kier molecular flexibility index (Phi) is 11.0.